The Labute approximate surface area is 585 Å². The minimum absolute atomic E-state index is 0.177. The molecule has 0 aliphatic heterocycles. The fourth-order valence-electron chi connectivity index (χ4n) is 10.7. The molecule has 9 heteroatoms. The van der Waals surface area contributed by atoms with Crippen molar-refractivity contribution in [2.24, 2.45) is 0 Å². The highest BCUT2D eigenvalue weighted by atomic mass is 16.7. The summed E-state index contributed by atoms with van der Waals surface area (Å²) in [4.78, 5) is 37.7. The molecule has 0 heterocycles. The summed E-state index contributed by atoms with van der Waals surface area (Å²) in [7, 11) is 5.97. The second kappa shape index (κ2) is 75.0. The van der Waals surface area contributed by atoms with Gasteiger partial charge in [0.25, 0.3) is 6.29 Å². The third-order valence-electron chi connectivity index (χ3n) is 16.6. The quantitative estimate of drug-likeness (QED) is 0.0211. The van der Waals surface area contributed by atoms with Gasteiger partial charge in [-0.2, -0.15) is 0 Å². The number of rotatable bonds is 71. The number of nitrogens with zero attached hydrogens (tertiary/aromatic N) is 1. The van der Waals surface area contributed by atoms with Crippen LogP contribution in [0.4, 0.5) is 0 Å². The predicted molar refractivity (Wildman–Crippen MR) is 410 cm³/mol. The number of allylic oxidation sites excluding steroid dienone is 24. The highest BCUT2D eigenvalue weighted by Gasteiger charge is 2.25. The van der Waals surface area contributed by atoms with E-state index in [4.69, 9.17) is 18.9 Å². The molecular weight excluding hydrogens is 1170 g/mol. The maximum absolute atomic E-state index is 13.0. The smallest absolute Gasteiger partial charge is 0.361 e. The summed E-state index contributed by atoms with van der Waals surface area (Å²) < 4.78 is 23.0. The molecule has 0 fully saturated rings. The van der Waals surface area contributed by atoms with Gasteiger partial charge < -0.3 is 28.5 Å². The van der Waals surface area contributed by atoms with E-state index in [9.17, 15) is 19.5 Å². The number of carbonyl (C=O) groups excluding carboxylic acids is 2. The maximum atomic E-state index is 13.0. The Morgan fingerprint density at radius 1 is 0.326 bits per heavy atom. The number of carboxylic acid groups (broad SMARTS) is 1. The lowest BCUT2D eigenvalue weighted by molar-refractivity contribution is -0.870. The van der Waals surface area contributed by atoms with Crippen molar-refractivity contribution in [1.29, 1.82) is 0 Å². The standard InChI is InChI=1S/C86H145NO8/c1-6-8-10-12-14-16-18-20-22-24-26-28-30-32-34-36-37-38-39-40-41-42-43-44-45-46-47-49-51-53-55-57-59-61-63-65-67-69-71-73-75-77-84(89)95-82(81-94-86(85(90)91)92-79-78-87(3,4)5)80-93-83(88)76-74-72-70-68-66-64-62-60-58-56-54-52-50-48-35-33-31-29-27-25-23-21-19-17-15-13-11-9-7-2/h8,10,14,16,20,22,26,28,32,34,37-38,40-41,43-44,46-47,51,53,57,59,63,65,82,86H,6-7,9,11-13,15,17-19,21,23-25,27,29-31,33,35-36,39,42,45,48-50,52,54-56,58,60-62,64,66-81H2,1-5H3/p+1/b10-8-,16-14-,22-20-,28-26-,34-32-,38-37-,41-40-,44-43-,47-46-,53-51-,59-57-,65-63-. The van der Waals surface area contributed by atoms with Gasteiger partial charge in [-0.25, -0.2) is 4.79 Å². The molecule has 0 aliphatic rings. The maximum Gasteiger partial charge on any atom is 0.361 e. The largest absolute Gasteiger partial charge is 0.477 e. The van der Waals surface area contributed by atoms with Crippen molar-refractivity contribution in [3.63, 3.8) is 0 Å². The van der Waals surface area contributed by atoms with Gasteiger partial charge >= 0.3 is 17.9 Å². The number of quaternary nitrogens is 1. The number of esters is 2. The topological polar surface area (TPSA) is 108 Å². The molecule has 0 bridgehead atoms. The van der Waals surface area contributed by atoms with Crippen LogP contribution in [0.25, 0.3) is 0 Å². The Hall–Kier alpha value is -4.83. The van der Waals surface area contributed by atoms with Gasteiger partial charge in [-0.15, -0.1) is 0 Å². The first-order chi connectivity index (χ1) is 46.6. The molecule has 0 aromatic rings. The molecule has 0 saturated carbocycles. The molecule has 0 amide bonds. The number of carbonyl (C=O) groups is 3. The summed E-state index contributed by atoms with van der Waals surface area (Å²) in [5, 5.41) is 9.76. The molecule has 2 unspecified atom stereocenters. The van der Waals surface area contributed by atoms with E-state index in [0.717, 1.165) is 122 Å². The van der Waals surface area contributed by atoms with Gasteiger partial charge in [0.15, 0.2) is 6.10 Å². The van der Waals surface area contributed by atoms with Crippen LogP contribution >= 0.6 is 0 Å². The number of likely N-dealkylation sites (N-methyl/N-ethyl adjacent to an activating group) is 1. The van der Waals surface area contributed by atoms with Gasteiger partial charge in [-0.3, -0.25) is 9.59 Å². The number of ether oxygens (including phenoxy) is 4. The van der Waals surface area contributed by atoms with E-state index in [1.54, 1.807) is 0 Å². The van der Waals surface area contributed by atoms with Gasteiger partial charge in [0, 0.05) is 12.8 Å². The van der Waals surface area contributed by atoms with E-state index < -0.39 is 24.3 Å². The van der Waals surface area contributed by atoms with E-state index in [-0.39, 0.29) is 32.2 Å². The minimum Gasteiger partial charge on any atom is -0.477 e. The van der Waals surface area contributed by atoms with Crippen LogP contribution in [0, 0.1) is 0 Å². The van der Waals surface area contributed by atoms with Crippen LogP contribution in [0.3, 0.4) is 0 Å². The zero-order valence-corrected chi connectivity index (χ0v) is 62.0. The normalized spacial score (nSPS) is 13.5. The second-order valence-corrected chi connectivity index (χ2v) is 26.9. The number of unbranched alkanes of at least 4 members (excludes halogenated alkanes) is 32. The highest BCUT2D eigenvalue weighted by molar-refractivity contribution is 5.71. The Morgan fingerprint density at radius 2 is 0.600 bits per heavy atom. The van der Waals surface area contributed by atoms with Crippen LogP contribution in [-0.2, 0) is 33.3 Å². The van der Waals surface area contributed by atoms with Gasteiger partial charge in [-0.05, 0) is 103 Å². The Bertz CT molecular complexity index is 2080. The average molecular weight is 1320 g/mol. The summed E-state index contributed by atoms with van der Waals surface area (Å²) in [6.45, 7) is 4.76. The summed E-state index contributed by atoms with van der Waals surface area (Å²) in [6, 6.07) is 0. The molecule has 0 aliphatic carbocycles. The molecule has 95 heavy (non-hydrogen) atoms. The Balaban J connectivity index is 4.17. The summed E-state index contributed by atoms with van der Waals surface area (Å²) in [5.74, 6) is -2.04. The molecule has 2 atom stereocenters. The third kappa shape index (κ3) is 76.4. The zero-order valence-electron chi connectivity index (χ0n) is 62.0. The molecule has 1 N–H and O–H groups in total. The molecule has 0 aromatic carbocycles. The highest BCUT2D eigenvalue weighted by Crippen LogP contribution is 2.18. The Morgan fingerprint density at radius 3 is 0.895 bits per heavy atom. The van der Waals surface area contributed by atoms with E-state index in [1.165, 1.54) is 167 Å². The molecule has 0 rings (SSSR count). The van der Waals surface area contributed by atoms with Gasteiger partial charge in [-0.1, -0.05) is 352 Å². The number of hydrogen-bond donors (Lipinski definition) is 1. The SMILES string of the molecule is CC/C=C\C/C=C\C/C=C\C/C=C\C/C=C\C/C=C\C/C=C\C/C=C\C/C=C\C/C=C\C/C=C\C/C=C\CCCCCCC(=O)OC(COC(=O)CCCCCCCCCCCCCCCCCCCCCCCCCCCCCCC)COC(OCC[N+](C)(C)C)C(=O)O. The first-order valence-electron chi connectivity index (χ1n) is 39.0. The van der Waals surface area contributed by atoms with Crippen molar-refractivity contribution >= 4 is 17.9 Å². The average Bonchev–Trinajstić information content (AvgIpc) is 3.54. The van der Waals surface area contributed by atoms with E-state index in [2.05, 4.69) is 160 Å². The minimum atomic E-state index is -1.53. The summed E-state index contributed by atoms with van der Waals surface area (Å²) in [6.07, 6.45) is 107. The van der Waals surface area contributed by atoms with Gasteiger partial charge in [0.05, 0.1) is 34.4 Å². The third-order valence-corrected chi connectivity index (χ3v) is 16.6. The summed E-state index contributed by atoms with van der Waals surface area (Å²) >= 11 is 0. The van der Waals surface area contributed by atoms with E-state index in [1.807, 2.05) is 21.1 Å². The van der Waals surface area contributed by atoms with Crippen LogP contribution in [0.1, 0.15) is 322 Å². The summed E-state index contributed by atoms with van der Waals surface area (Å²) in [5.41, 5.74) is 0. The van der Waals surface area contributed by atoms with E-state index >= 15 is 0 Å². The lowest BCUT2D eigenvalue weighted by atomic mass is 10.0. The van der Waals surface area contributed by atoms with Crippen molar-refractivity contribution in [1.82, 2.24) is 0 Å². The van der Waals surface area contributed by atoms with Crippen molar-refractivity contribution < 1.29 is 42.9 Å². The van der Waals surface area contributed by atoms with Crippen molar-refractivity contribution in [2.45, 2.75) is 334 Å². The lowest BCUT2D eigenvalue weighted by Gasteiger charge is -2.25. The Kier molecular flexibility index (Phi) is 71.1. The van der Waals surface area contributed by atoms with Crippen LogP contribution in [0.5, 0.6) is 0 Å². The van der Waals surface area contributed by atoms with Crippen molar-refractivity contribution in [3.05, 3.63) is 146 Å². The number of aliphatic carboxylic acids is 1. The molecule has 0 saturated heterocycles. The molecule has 0 radical (unpaired) electrons. The van der Waals surface area contributed by atoms with Gasteiger partial charge in [0.2, 0.25) is 0 Å². The van der Waals surface area contributed by atoms with Crippen molar-refractivity contribution in [2.75, 3.05) is 47.5 Å². The van der Waals surface area contributed by atoms with Crippen LogP contribution in [0.2, 0.25) is 0 Å². The predicted octanol–water partition coefficient (Wildman–Crippen LogP) is 25.0. The van der Waals surface area contributed by atoms with Crippen molar-refractivity contribution in [3.8, 4) is 0 Å². The second-order valence-electron chi connectivity index (χ2n) is 26.9. The first-order valence-corrected chi connectivity index (χ1v) is 39.0. The van der Waals surface area contributed by atoms with E-state index in [0.29, 0.717) is 23.9 Å². The van der Waals surface area contributed by atoms with Gasteiger partial charge in [0.1, 0.15) is 13.2 Å². The number of hydrogen-bond acceptors (Lipinski definition) is 7. The molecule has 0 spiro atoms. The van der Waals surface area contributed by atoms with Crippen LogP contribution in [-0.4, -0.2) is 87.4 Å². The van der Waals surface area contributed by atoms with Crippen LogP contribution in [0.15, 0.2) is 146 Å². The fraction of sp³-hybridized carbons (Fsp3) is 0.686. The zero-order chi connectivity index (χ0) is 69.0. The fourth-order valence-corrected chi connectivity index (χ4v) is 10.7. The molecule has 542 valence electrons. The lowest BCUT2D eigenvalue weighted by Crippen LogP contribution is -2.40. The molecular formula is C86H146NO8+. The monoisotopic (exact) mass is 1320 g/mol. The first kappa shape index (κ1) is 90.2. The van der Waals surface area contributed by atoms with Crippen LogP contribution < -0.4 is 0 Å². The molecule has 0 aromatic heterocycles. The number of carboxylic acids is 1. The molecule has 9 nitrogen and oxygen atoms in total.